The number of benzene rings is 2. The lowest BCUT2D eigenvalue weighted by Crippen LogP contribution is -2.04. The SMILES string of the molecule is COc1c(C)cc(Br)c(C)c1C(Cl)c1cc(F)ccc1Br. The van der Waals surface area contributed by atoms with Gasteiger partial charge in [-0.25, -0.2) is 4.39 Å². The van der Waals surface area contributed by atoms with Gasteiger partial charge in [0.05, 0.1) is 12.5 Å². The van der Waals surface area contributed by atoms with Crippen molar-refractivity contribution in [2.45, 2.75) is 19.2 Å². The Morgan fingerprint density at radius 1 is 1.14 bits per heavy atom. The Labute approximate surface area is 145 Å². The van der Waals surface area contributed by atoms with Gasteiger partial charge in [0.25, 0.3) is 0 Å². The monoisotopic (exact) mass is 434 g/mol. The second-order valence-electron chi connectivity index (χ2n) is 4.78. The average molecular weight is 437 g/mol. The van der Waals surface area contributed by atoms with Crippen LogP contribution in [0.15, 0.2) is 33.2 Å². The molecule has 1 atom stereocenters. The molecular formula is C16H14Br2ClFO. The number of halogens is 4. The minimum absolute atomic E-state index is 0.317. The van der Waals surface area contributed by atoms with Crippen molar-refractivity contribution in [2.24, 2.45) is 0 Å². The Kier molecular flexibility index (Phi) is 5.33. The predicted octanol–water partition coefficient (Wildman–Crippen LogP) is 6.30. The van der Waals surface area contributed by atoms with Gasteiger partial charge in [-0.2, -0.15) is 0 Å². The molecule has 0 saturated heterocycles. The molecule has 0 aliphatic rings. The van der Waals surface area contributed by atoms with Gasteiger partial charge < -0.3 is 4.74 Å². The molecule has 2 aromatic carbocycles. The molecule has 2 rings (SSSR count). The molecule has 0 N–H and O–H groups in total. The van der Waals surface area contributed by atoms with E-state index in [-0.39, 0.29) is 5.82 Å². The van der Waals surface area contributed by atoms with Crippen molar-refractivity contribution in [1.29, 1.82) is 0 Å². The zero-order valence-electron chi connectivity index (χ0n) is 11.8. The fourth-order valence-electron chi connectivity index (χ4n) is 2.32. The topological polar surface area (TPSA) is 9.23 Å². The van der Waals surface area contributed by atoms with E-state index in [1.165, 1.54) is 12.1 Å². The van der Waals surface area contributed by atoms with Crippen LogP contribution in [0.5, 0.6) is 5.75 Å². The summed E-state index contributed by atoms with van der Waals surface area (Å²) >= 11 is 13.6. The van der Waals surface area contributed by atoms with Crippen LogP contribution in [0.25, 0.3) is 0 Å². The summed E-state index contributed by atoms with van der Waals surface area (Å²) in [5.74, 6) is 0.411. The van der Waals surface area contributed by atoms with Crippen molar-refractivity contribution < 1.29 is 9.13 Å². The van der Waals surface area contributed by atoms with E-state index in [0.29, 0.717) is 5.56 Å². The summed E-state index contributed by atoms with van der Waals surface area (Å²) in [6, 6.07) is 6.49. The van der Waals surface area contributed by atoms with E-state index in [1.54, 1.807) is 13.2 Å². The molecule has 0 heterocycles. The summed E-state index contributed by atoms with van der Waals surface area (Å²) in [6.07, 6.45) is 0. The first-order valence-electron chi connectivity index (χ1n) is 6.29. The largest absolute Gasteiger partial charge is 0.496 e. The van der Waals surface area contributed by atoms with Crippen molar-refractivity contribution >= 4 is 43.5 Å². The summed E-state index contributed by atoms with van der Waals surface area (Å²) in [6.45, 7) is 3.92. The second-order valence-corrected chi connectivity index (χ2v) is 6.92. The van der Waals surface area contributed by atoms with Crippen molar-refractivity contribution in [1.82, 2.24) is 0 Å². The normalized spacial score (nSPS) is 12.3. The van der Waals surface area contributed by atoms with Gasteiger partial charge in [0.15, 0.2) is 0 Å². The quantitative estimate of drug-likeness (QED) is 0.513. The van der Waals surface area contributed by atoms with Crippen LogP contribution in [-0.2, 0) is 0 Å². The number of aryl methyl sites for hydroxylation is 1. The van der Waals surface area contributed by atoms with Crippen molar-refractivity contribution in [3.63, 3.8) is 0 Å². The molecule has 0 aliphatic heterocycles. The number of ether oxygens (including phenoxy) is 1. The van der Waals surface area contributed by atoms with Crippen LogP contribution >= 0.6 is 43.5 Å². The lowest BCUT2D eigenvalue weighted by molar-refractivity contribution is 0.406. The highest BCUT2D eigenvalue weighted by Crippen LogP contribution is 2.43. The molecule has 1 nitrogen and oxygen atoms in total. The highest BCUT2D eigenvalue weighted by molar-refractivity contribution is 9.10. The van der Waals surface area contributed by atoms with E-state index in [4.69, 9.17) is 16.3 Å². The molecule has 0 bridgehead atoms. The Balaban J connectivity index is 2.68. The Bertz CT molecular complexity index is 688. The van der Waals surface area contributed by atoms with Crippen molar-refractivity contribution in [3.05, 3.63) is 61.3 Å². The van der Waals surface area contributed by atoms with Gasteiger partial charge in [0.1, 0.15) is 11.6 Å². The lowest BCUT2D eigenvalue weighted by atomic mass is 9.96. The van der Waals surface area contributed by atoms with E-state index < -0.39 is 5.38 Å². The third-order valence-electron chi connectivity index (χ3n) is 3.40. The van der Waals surface area contributed by atoms with Crippen LogP contribution in [0.2, 0.25) is 0 Å². The molecule has 2 aromatic rings. The number of hydrogen-bond donors (Lipinski definition) is 0. The number of rotatable bonds is 3. The van der Waals surface area contributed by atoms with Crippen LogP contribution in [0.4, 0.5) is 4.39 Å². The standard InChI is InChI=1S/C16H14Br2ClFO/c1-8-6-13(18)9(2)14(16(8)21-3)15(19)11-7-10(20)4-5-12(11)17/h4-7,15H,1-3H3. The van der Waals surface area contributed by atoms with Gasteiger partial charge in [0.2, 0.25) is 0 Å². The molecular weight excluding hydrogens is 422 g/mol. The number of hydrogen-bond acceptors (Lipinski definition) is 1. The maximum absolute atomic E-state index is 13.5. The number of alkyl halides is 1. The summed E-state index contributed by atoms with van der Waals surface area (Å²) in [5, 5.41) is -0.513. The fourth-order valence-corrected chi connectivity index (χ4v) is 3.92. The van der Waals surface area contributed by atoms with E-state index in [9.17, 15) is 4.39 Å². The summed E-state index contributed by atoms with van der Waals surface area (Å²) in [5.41, 5.74) is 3.48. The Hall–Kier alpha value is -0.580. The van der Waals surface area contributed by atoms with Crippen molar-refractivity contribution in [3.8, 4) is 5.75 Å². The first kappa shape index (κ1) is 16.8. The lowest BCUT2D eigenvalue weighted by Gasteiger charge is -2.21. The molecule has 0 fully saturated rings. The third kappa shape index (κ3) is 3.27. The highest BCUT2D eigenvalue weighted by Gasteiger charge is 2.23. The summed E-state index contributed by atoms with van der Waals surface area (Å²) in [4.78, 5) is 0. The Morgan fingerprint density at radius 3 is 2.43 bits per heavy atom. The first-order chi connectivity index (χ1) is 9.86. The van der Waals surface area contributed by atoms with Gasteiger partial charge >= 0.3 is 0 Å². The van der Waals surface area contributed by atoms with Gasteiger partial charge in [-0.3, -0.25) is 0 Å². The van der Waals surface area contributed by atoms with Gasteiger partial charge in [-0.05, 0) is 54.8 Å². The molecule has 21 heavy (non-hydrogen) atoms. The molecule has 1 unspecified atom stereocenters. The maximum atomic E-state index is 13.5. The minimum Gasteiger partial charge on any atom is -0.496 e. The summed E-state index contributed by atoms with van der Waals surface area (Å²) < 4.78 is 20.8. The van der Waals surface area contributed by atoms with Gasteiger partial charge in [-0.1, -0.05) is 31.9 Å². The molecule has 112 valence electrons. The van der Waals surface area contributed by atoms with E-state index >= 15 is 0 Å². The second kappa shape index (κ2) is 6.67. The zero-order valence-corrected chi connectivity index (χ0v) is 15.7. The van der Waals surface area contributed by atoms with Gasteiger partial charge in [0, 0.05) is 14.5 Å². The zero-order chi connectivity index (χ0) is 15.7. The highest BCUT2D eigenvalue weighted by atomic mass is 79.9. The molecule has 0 spiro atoms. The molecule has 0 radical (unpaired) electrons. The van der Waals surface area contributed by atoms with E-state index in [0.717, 1.165) is 31.4 Å². The predicted molar refractivity (Wildman–Crippen MR) is 92.0 cm³/mol. The molecule has 5 heteroatoms. The van der Waals surface area contributed by atoms with Crippen molar-refractivity contribution in [2.75, 3.05) is 7.11 Å². The van der Waals surface area contributed by atoms with E-state index in [1.807, 2.05) is 19.9 Å². The van der Waals surface area contributed by atoms with Crippen LogP contribution < -0.4 is 4.74 Å². The molecule has 0 aliphatic carbocycles. The van der Waals surface area contributed by atoms with Gasteiger partial charge in [-0.15, -0.1) is 11.6 Å². The maximum Gasteiger partial charge on any atom is 0.127 e. The first-order valence-corrected chi connectivity index (χ1v) is 8.31. The third-order valence-corrected chi connectivity index (χ3v) is 5.40. The van der Waals surface area contributed by atoms with Crippen LogP contribution in [0, 0.1) is 19.7 Å². The molecule has 0 amide bonds. The Morgan fingerprint density at radius 2 is 1.81 bits per heavy atom. The summed E-state index contributed by atoms with van der Waals surface area (Å²) in [7, 11) is 1.61. The molecule has 0 saturated carbocycles. The smallest absolute Gasteiger partial charge is 0.127 e. The fraction of sp³-hybridized carbons (Fsp3) is 0.250. The number of methoxy groups -OCH3 is 1. The van der Waals surface area contributed by atoms with Crippen LogP contribution in [-0.4, -0.2) is 7.11 Å². The van der Waals surface area contributed by atoms with E-state index in [2.05, 4.69) is 31.9 Å². The average Bonchev–Trinajstić information content (AvgIpc) is 2.44. The van der Waals surface area contributed by atoms with Crippen LogP contribution in [0.1, 0.15) is 27.6 Å². The minimum atomic E-state index is -0.513. The molecule has 0 aromatic heterocycles. The van der Waals surface area contributed by atoms with Crippen LogP contribution in [0.3, 0.4) is 0 Å².